The Morgan fingerprint density at radius 1 is 1.32 bits per heavy atom. The van der Waals surface area contributed by atoms with E-state index in [1.807, 2.05) is 12.1 Å². The van der Waals surface area contributed by atoms with Crippen LogP contribution in [0.3, 0.4) is 0 Å². The van der Waals surface area contributed by atoms with Crippen molar-refractivity contribution in [2.75, 3.05) is 7.11 Å². The summed E-state index contributed by atoms with van der Waals surface area (Å²) in [7, 11) is 1.54. The summed E-state index contributed by atoms with van der Waals surface area (Å²) in [5, 5.41) is 14.3. The zero-order valence-electron chi connectivity index (χ0n) is 10.9. The number of aliphatic hydroxyl groups excluding tert-OH is 1. The van der Waals surface area contributed by atoms with Crippen LogP contribution in [0, 0.1) is 6.92 Å². The van der Waals surface area contributed by atoms with Crippen molar-refractivity contribution in [3.8, 4) is 5.75 Å². The Morgan fingerprint density at radius 3 is 2.79 bits per heavy atom. The van der Waals surface area contributed by atoms with Gasteiger partial charge < -0.3 is 9.84 Å². The Balaban J connectivity index is 2.28. The van der Waals surface area contributed by atoms with Crippen LogP contribution < -0.4 is 10.3 Å². The topological polar surface area (TPSA) is 64.3 Å². The molecule has 1 N–H and O–H groups in total. The van der Waals surface area contributed by atoms with E-state index in [0.29, 0.717) is 11.3 Å². The molecule has 0 aliphatic heterocycles. The second-order valence-corrected chi connectivity index (χ2v) is 4.25. The third kappa shape index (κ3) is 3.00. The second kappa shape index (κ2) is 5.67. The minimum absolute atomic E-state index is 0.0981. The zero-order valence-corrected chi connectivity index (χ0v) is 10.9. The molecule has 0 saturated carbocycles. The summed E-state index contributed by atoms with van der Waals surface area (Å²) >= 11 is 0. The Bertz CT molecular complexity index is 622. The van der Waals surface area contributed by atoms with Gasteiger partial charge in [-0.25, -0.2) is 4.68 Å². The molecule has 19 heavy (non-hydrogen) atoms. The van der Waals surface area contributed by atoms with Gasteiger partial charge in [0.1, 0.15) is 11.9 Å². The van der Waals surface area contributed by atoms with Gasteiger partial charge in [-0.2, -0.15) is 5.10 Å². The quantitative estimate of drug-likeness (QED) is 0.899. The van der Waals surface area contributed by atoms with E-state index in [9.17, 15) is 9.90 Å². The van der Waals surface area contributed by atoms with Crippen molar-refractivity contribution in [1.29, 1.82) is 0 Å². The molecule has 0 fully saturated rings. The molecule has 0 spiro atoms. The van der Waals surface area contributed by atoms with Gasteiger partial charge in [0.2, 0.25) is 0 Å². The maximum atomic E-state index is 11.7. The van der Waals surface area contributed by atoms with Crippen LogP contribution in [0.4, 0.5) is 0 Å². The van der Waals surface area contributed by atoms with Crippen molar-refractivity contribution in [3.63, 3.8) is 0 Å². The number of benzene rings is 1. The van der Waals surface area contributed by atoms with Crippen LogP contribution >= 0.6 is 0 Å². The lowest BCUT2D eigenvalue weighted by atomic mass is 10.1. The van der Waals surface area contributed by atoms with Crippen LogP contribution in [0.1, 0.15) is 17.4 Å². The summed E-state index contributed by atoms with van der Waals surface area (Å²) in [4.78, 5) is 11.7. The van der Waals surface area contributed by atoms with E-state index in [-0.39, 0.29) is 12.1 Å². The van der Waals surface area contributed by atoms with Crippen molar-refractivity contribution in [1.82, 2.24) is 9.78 Å². The number of hydrogen-bond donors (Lipinski definition) is 1. The van der Waals surface area contributed by atoms with E-state index in [1.165, 1.54) is 10.7 Å². The van der Waals surface area contributed by atoms with Crippen LogP contribution in [0.5, 0.6) is 5.75 Å². The highest BCUT2D eigenvalue weighted by Gasteiger charge is 2.14. The fourth-order valence-corrected chi connectivity index (χ4v) is 1.89. The van der Waals surface area contributed by atoms with Gasteiger partial charge in [-0.3, -0.25) is 4.79 Å². The molecular formula is C14H16N2O3. The summed E-state index contributed by atoms with van der Waals surface area (Å²) in [5.41, 5.74) is 1.13. The Kier molecular flexibility index (Phi) is 3.97. The lowest BCUT2D eigenvalue weighted by Gasteiger charge is -2.15. The third-order valence-corrected chi connectivity index (χ3v) is 2.84. The fraction of sp³-hybridized carbons (Fsp3) is 0.286. The van der Waals surface area contributed by atoms with E-state index < -0.39 is 6.10 Å². The van der Waals surface area contributed by atoms with E-state index in [4.69, 9.17) is 4.74 Å². The summed E-state index contributed by atoms with van der Waals surface area (Å²) in [6.07, 6.45) is -0.844. The zero-order chi connectivity index (χ0) is 13.8. The average molecular weight is 260 g/mol. The monoisotopic (exact) mass is 260 g/mol. The molecule has 2 aromatic rings. The van der Waals surface area contributed by atoms with Crippen molar-refractivity contribution in [3.05, 3.63) is 58.0 Å². The second-order valence-electron chi connectivity index (χ2n) is 4.25. The normalized spacial score (nSPS) is 12.2. The van der Waals surface area contributed by atoms with Crippen LogP contribution in [0.2, 0.25) is 0 Å². The van der Waals surface area contributed by atoms with Gasteiger partial charge in [0.25, 0.3) is 5.56 Å². The summed E-state index contributed by atoms with van der Waals surface area (Å²) < 4.78 is 6.45. The van der Waals surface area contributed by atoms with Crippen molar-refractivity contribution in [2.45, 2.75) is 19.6 Å². The molecule has 1 aromatic carbocycles. The number of ether oxygens (including phenoxy) is 1. The first kappa shape index (κ1) is 13.3. The van der Waals surface area contributed by atoms with Crippen molar-refractivity contribution in [2.24, 2.45) is 0 Å². The molecule has 1 heterocycles. The number of aryl methyl sites for hydroxylation is 1. The predicted molar refractivity (Wildman–Crippen MR) is 71.2 cm³/mol. The molecule has 1 aromatic heterocycles. The van der Waals surface area contributed by atoms with Gasteiger partial charge in [-0.15, -0.1) is 0 Å². The number of rotatable bonds is 4. The molecular weight excluding hydrogens is 244 g/mol. The predicted octanol–water partition coefficient (Wildman–Crippen LogP) is 1.29. The first-order valence-electron chi connectivity index (χ1n) is 5.97. The van der Waals surface area contributed by atoms with Gasteiger partial charge in [0, 0.05) is 11.6 Å². The Labute approximate surface area is 111 Å². The summed E-state index contributed by atoms with van der Waals surface area (Å²) in [5.74, 6) is 0.593. The minimum atomic E-state index is -0.844. The van der Waals surface area contributed by atoms with Gasteiger partial charge in [0.15, 0.2) is 0 Å². The molecule has 0 bridgehead atoms. The van der Waals surface area contributed by atoms with E-state index in [1.54, 1.807) is 32.2 Å². The summed E-state index contributed by atoms with van der Waals surface area (Å²) in [6, 6.07) is 10.3. The fourth-order valence-electron chi connectivity index (χ4n) is 1.89. The molecule has 0 aliphatic rings. The van der Waals surface area contributed by atoms with Crippen LogP contribution in [-0.2, 0) is 6.54 Å². The van der Waals surface area contributed by atoms with Crippen LogP contribution in [0.15, 0.2) is 41.2 Å². The van der Waals surface area contributed by atoms with Crippen LogP contribution in [-0.4, -0.2) is 22.0 Å². The number of aliphatic hydroxyl groups is 1. The number of nitrogens with zero attached hydrogens (tertiary/aromatic N) is 2. The Hall–Kier alpha value is -2.14. The van der Waals surface area contributed by atoms with Crippen molar-refractivity contribution < 1.29 is 9.84 Å². The maximum absolute atomic E-state index is 11.7. The lowest BCUT2D eigenvalue weighted by Crippen LogP contribution is -2.25. The Morgan fingerprint density at radius 2 is 2.05 bits per heavy atom. The van der Waals surface area contributed by atoms with Crippen molar-refractivity contribution >= 4 is 0 Å². The summed E-state index contributed by atoms with van der Waals surface area (Å²) in [6.45, 7) is 1.90. The van der Waals surface area contributed by atoms with Gasteiger partial charge in [-0.1, -0.05) is 18.2 Å². The van der Waals surface area contributed by atoms with Crippen LogP contribution in [0.25, 0.3) is 0 Å². The standard InChI is InChI=1S/C14H16N2O3/c1-10-7-8-14(18)16(15-10)9-12(17)11-5-3-4-6-13(11)19-2/h3-8,12,17H,9H2,1-2H3. The first-order valence-corrected chi connectivity index (χ1v) is 5.97. The molecule has 0 saturated heterocycles. The number of para-hydroxylation sites is 1. The largest absolute Gasteiger partial charge is 0.496 e. The molecule has 5 nitrogen and oxygen atoms in total. The molecule has 100 valence electrons. The van der Waals surface area contributed by atoms with Gasteiger partial charge >= 0.3 is 0 Å². The lowest BCUT2D eigenvalue weighted by molar-refractivity contribution is 0.145. The SMILES string of the molecule is COc1ccccc1C(O)Cn1nc(C)ccc1=O. The highest BCUT2D eigenvalue weighted by Crippen LogP contribution is 2.25. The third-order valence-electron chi connectivity index (χ3n) is 2.84. The van der Waals surface area contributed by atoms with Gasteiger partial charge in [-0.05, 0) is 19.1 Å². The number of methoxy groups -OCH3 is 1. The minimum Gasteiger partial charge on any atom is -0.496 e. The molecule has 5 heteroatoms. The maximum Gasteiger partial charge on any atom is 0.266 e. The van der Waals surface area contributed by atoms with E-state index in [0.717, 1.165) is 5.69 Å². The highest BCUT2D eigenvalue weighted by atomic mass is 16.5. The molecule has 0 amide bonds. The van der Waals surface area contributed by atoms with Gasteiger partial charge in [0.05, 0.1) is 19.3 Å². The van der Waals surface area contributed by atoms with E-state index in [2.05, 4.69) is 5.10 Å². The van der Waals surface area contributed by atoms with E-state index >= 15 is 0 Å². The molecule has 2 rings (SSSR count). The smallest absolute Gasteiger partial charge is 0.266 e. The molecule has 0 aliphatic carbocycles. The first-order chi connectivity index (χ1) is 9.11. The average Bonchev–Trinajstić information content (AvgIpc) is 2.42. The molecule has 0 radical (unpaired) electrons. The highest BCUT2D eigenvalue weighted by molar-refractivity contribution is 5.34. The molecule has 1 atom stereocenters. The number of hydrogen-bond acceptors (Lipinski definition) is 4. The molecule has 1 unspecified atom stereocenters. The number of aromatic nitrogens is 2.